The Morgan fingerprint density at radius 1 is 1.06 bits per heavy atom. The molecule has 0 aliphatic rings. The van der Waals surface area contributed by atoms with Crippen LogP contribution in [0.1, 0.15) is 5.56 Å². The first-order valence-corrected chi connectivity index (χ1v) is 6.98. The number of rotatable bonds is 0. The maximum atomic E-state index is 11.8. The molecule has 1 heterocycles. The minimum absolute atomic E-state index is 0.340. The average Bonchev–Trinajstić information content (AvgIpc) is 2.38. The first-order chi connectivity index (χ1) is 8.59. The monoisotopic (exact) mass is 366 g/mol. The second kappa shape index (κ2) is 4.21. The Balaban J connectivity index is 2.68. The second-order valence-electron chi connectivity index (χ2n) is 4.11. The van der Waals surface area contributed by atoms with E-state index in [2.05, 4.69) is 31.9 Å². The van der Waals surface area contributed by atoms with Crippen molar-refractivity contribution in [3.8, 4) is 0 Å². The summed E-state index contributed by atoms with van der Waals surface area (Å²) in [6.45, 7) is 1.91. The third-order valence-electron chi connectivity index (χ3n) is 3.05. The van der Waals surface area contributed by atoms with Gasteiger partial charge in [0.15, 0.2) is 0 Å². The van der Waals surface area contributed by atoms with Gasteiger partial charge in [-0.2, -0.15) is 0 Å². The van der Waals surface area contributed by atoms with Gasteiger partial charge >= 0.3 is 5.63 Å². The summed E-state index contributed by atoms with van der Waals surface area (Å²) in [5.74, 6) is 0. The third kappa shape index (κ3) is 1.63. The smallest absolute Gasteiger partial charge is 0.350 e. The Kier molecular flexibility index (Phi) is 2.79. The highest BCUT2D eigenvalue weighted by Gasteiger charge is 2.13. The lowest BCUT2D eigenvalue weighted by molar-refractivity contribution is 0.558. The molecule has 1 aromatic heterocycles. The van der Waals surface area contributed by atoms with Gasteiger partial charge in [-0.15, -0.1) is 0 Å². The Bertz CT molecular complexity index is 834. The molecule has 0 unspecified atom stereocenters. The van der Waals surface area contributed by atoms with E-state index in [1.165, 1.54) is 0 Å². The van der Waals surface area contributed by atoms with Gasteiger partial charge in [-0.3, -0.25) is 0 Å². The van der Waals surface area contributed by atoms with E-state index in [9.17, 15) is 4.79 Å². The van der Waals surface area contributed by atoms with Crippen LogP contribution >= 0.6 is 31.9 Å². The summed E-state index contributed by atoms with van der Waals surface area (Å²) in [6.07, 6.45) is 0. The first kappa shape index (κ1) is 11.9. The van der Waals surface area contributed by atoms with Gasteiger partial charge in [0.25, 0.3) is 0 Å². The van der Waals surface area contributed by atoms with Crippen LogP contribution in [-0.2, 0) is 0 Å². The highest BCUT2D eigenvalue weighted by Crippen LogP contribution is 2.34. The molecule has 0 spiro atoms. The Morgan fingerprint density at radius 3 is 2.44 bits per heavy atom. The first-order valence-electron chi connectivity index (χ1n) is 5.40. The van der Waals surface area contributed by atoms with Crippen molar-refractivity contribution in [1.29, 1.82) is 0 Å². The molecule has 0 atom stereocenters. The van der Waals surface area contributed by atoms with Gasteiger partial charge in [0.2, 0.25) is 0 Å². The van der Waals surface area contributed by atoms with Crippen molar-refractivity contribution < 1.29 is 4.42 Å². The normalized spacial score (nSPS) is 11.3. The molecule has 2 nitrogen and oxygen atoms in total. The lowest BCUT2D eigenvalue weighted by Crippen LogP contribution is -2.02. The largest absolute Gasteiger partial charge is 0.421 e. The van der Waals surface area contributed by atoms with Crippen molar-refractivity contribution >= 4 is 53.6 Å². The summed E-state index contributed by atoms with van der Waals surface area (Å²) >= 11 is 6.83. The molecule has 3 aromatic rings. The standard InChI is InChI=1S/C14H8Br2O2/c1-7-10-6-11(15)8-4-2-3-5-9(8)13(10)18-14(17)12(7)16/h2-6H,1H3. The van der Waals surface area contributed by atoms with Crippen molar-refractivity contribution in [3.05, 3.63) is 55.3 Å². The molecule has 0 bridgehead atoms. The van der Waals surface area contributed by atoms with E-state index in [0.29, 0.717) is 10.1 Å². The van der Waals surface area contributed by atoms with E-state index in [-0.39, 0.29) is 5.63 Å². The van der Waals surface area contributed by atoms with Crippen LogP contribution in [0.2, 0.25) is 0 Å². The summed E-state index contributed by atoms with van der Waals surface area (Å²) in [7, 11) is 0. The van der Waals surface area contributed by atoms with Crippen molar-refractivity contribution in [2.75, 3.05) is 0 Å². The van der Waals surface area contributed by atoms with E-state index in [4.69, 9.17) is 4.42 Å². The lowest BCUT2D eigenvalue weighted by atomic mass is 10.0. The molecule has 18 heavy (non-hydrogen) atoms. The highest BCUT2D eigenvalue weighted by molar-refractivity contribution is 9.11. The molecule has 0 N–H and O–H groups in total. The highest BCUT2D eigenvalue weighted by atomic mass is 79.9. The van der Waals surface area contributed by atoms with E-state index >= 15 is 0 Å². The van der Waals surface area contributed by atoms with Gasteiger partial charge in [-0.25, -0.2) is 4.79 Å². The number of halogens is 2. The molecule has 0 amide bonds. The zero-order chi connectivity index (χ0) is 12.9. The zero-order valence-corrected chi connectivity index (χ0v) is 12.6. The summed E-state index contributed by atoms with van der Waals surface area (Å²) in [6, 6.07) is 9.84. The van der Waals surface area contributed by atoms with Gasteiger partial charge in [0, 0.05) is 15.2 Å². The fourth-order valence-corrected chi connectivity index (χ4v) is 2.97. The van der Waals surface area contributed by atoms with Gasteiger partial charge in [0.1, 0.15) is 10.1 Å². The SMILES string of the molecule is Cc1c(Br)c(=O)oc2c1cc(Br)c1ccccc12. The van der Waals surface area contributed by atoms with E-state index in [1.807, 2.05) is 37.3 Å². The van der Waals surface area contributed by atoms with Crippen LogP contribution in [0.15, 0.2) is 48.5 Å². The molecule has 2 aromatic carbocycles. The van der Waals surface area contributed by atoms with Crippen LogP contribution in [0.5, 0.6) is 0 Å². The molecule has 0 radical (unpaired) electrons. The molecule has 90 valence electrons. The molecule has 0 saturated carbocycles. The predicted octanol–water partition coefficient (Wildman–Crippen LogP) is 4.78. The van der Waals surface area contributed by atoms with Gasteiger partial charge in [-0.05, 0) is 39.9 Å². The van der Waals surface area contributed by atoms with Crippen molar-refractivity contribution in [2.24, 2.45) is 0 Å². The van der Waals surface area contributed by atoms with Crippen LogP contribution in [0, 0.1) is 6.92 Å². The number of fused-ring (bicyclic) bond motifs is 3. The molecule has 0 saturated heterocycles. The predicted molar refractivity (Wildman–Crippen MR) is 80.1 cm³/mol. The summed E-state index contributed by atoms with van der Waals surface area (Å²) in [4.78, 5) is 11.8. The average molecular weight is 368 g/mol. The fourth-order valence-electron chi connectivity index (χ4n) is 2.10. The molecule has 0 aliphatic heterocycles. The number of benzene rings is 2. The molecule has 3 rings (SSSR count). The molecular formula is C14H8Br2O2. The quantitative estimate of drug-likeness (QED) is 0.422. The van der Waals surface area contributed by atoms with Gasteiger partial charge in [-0.1, -0.05) is 40.2 Å². The van der Waals surface area contributed by atoms with E-state index < -0.39 is 0 Å². The lowest BCUT2D eigenvalue weighted by Gasteiger charge is -2.08. The van der Waals surface area contributed by atoms with E-state index in [1.54, 1.807) is 0 Å². The van der Waals surface area contributed by atoms with Gasteiger partial charge in [0.05, 0.1) is 0 Å². The topological polar surface area (TPSA) is 30.2 Å². The van der Waals surface area contributed by atoms with Crippen molar-refractivity contribution in [3.63, 3.8) is 0 Å². The fraction of sp³-hybridized carbons (Fsp3) is 0.0714. The zero-order valence-electron chi connectivity index (χ0n) is 9.46. The molecule has 4 heteroatoms. The Hall–Kier alpha value is -1.13. The van der Waals surface area contributed by atoms with E-state index in [0.717, 1.165) is 26.2 Å². The van der Waals surface area contributed by atoms with Crippen LogP contribution < -0.4 is 5.63 Å². The summed E-state index contributed by atoms with van der Waals surface area (Å²) in [5.41, 5.74) is 1.19. The molecule has 0 fully saturated rings. The minimum Gasteiger partial charge on any atom is -0.421 e. The van der Waals surface area contributed by atoms with Gasteiger partial charge < -0.3 is 4.42 Å². The Labute approximate surface area is 120 Å². The van der Waals surface area contributed by atoms with Crippen molar-refractivity contribution in [1.82, 2.24) is 0 Å². The van der Waals surface area contributed by atoms with Crippen LogP contribution in [0.4, 0.5) is 0 Å². The number of hydrogen-bond donors (Lipinski definition) is 0. The maximum absolute atomic E-state index is 11.8. The maximum Gasteiger partial charge on any atom is 0.350 e. The van der Waals surface area contributed by atoms with Crippen molar-refractivity contribution in [2.45, 2.75) is 6.92 Å². The minimum atomic E-state index is -0.340. The third-order valence-corrected chi connectivity index (χ3v) is 4.63. The number of hydrogen-bond acceptors (Lipinski definition) is 2. The second-order valence-corrected chi connectivity index (χ2v) is 5.76. The number of aryl methyl sites for hydroxylation is 1. The van der Waals surface area contributed by atoms with Crippen LogP contribution in [-0.4, -0.2) is 0 Å². The Morgan fingerprint density at radius 2 is 1.72 bits per heavy atom. The summed E-state index contributed by atoms with van der Waals surface area (Å²) < 4.78 is 6.90. The molecule has 0 aliphatic carbocycles. The summed E-state index contributed by atoms with van der Waals surface area (Å²) in [5, 5.41) is 2.91. The van der Waals surface area contributed by atoms with Crippen LogP contribution in [0.25, 0.3) is 21.7 Å². The molecular weight excluding hydrogens is 360 g/mol. The van der Waals surface area contributed by atoms with Crippen LogP contribution in [0.3, 0.4) is 0 Å².